The molecule has 2 unspecified atom stereocenters. The Morgan fingerprint density at radius 3 is 2.64 bits per heavy atom. The molecular weight excluding hydrogens is 349 g/mol. The zero-order valence-corrected chi connectivity index (χ0v) is 16.3. The summed E-state index contributed by atoms with van der Waals surface area (Å²) in [5.74, 6) is 1.37. The van der Waals surface area contributed by atoms with Crippen LogP contribution < -0.4 is 4.74 Å². The third kappa shape index (κ3) is 3.86. The number of benzene rings is 2. The Morgan fingerprint density at radius 2 is 1.86 bits per heavy atom. The van der Waals surface area contributed by atoms with Crippen LogP contribution in [0.4, 0.5) is 4.39 Å². The molecule has 0 spiro atoms. The number of piperidine rings is 1. The van der Waals surface area contributed by atoms with Crippen molar-refractivity contribution in [3.05, 3.63) is 71.6 Å². The van der Waals surface area contributed by atoms with Gasteiger partial charge < -0.3 is 4.74 Å². The van der Waals surface area contributed by atoms with E-state index in [1.807, 2.05) is 6.07 Å². The van der Waals surface area contributed by atoms with Crippen molar-refractivity contribution in [3.63, 3.8) is 0 Å². The van der Waals surface area contributed by atoms with Gasteiger partial charge in [-0.3, -0.25) is 4.90 Å². The highest BCUT2D eigenvalue weighted by Crippen LogP contribution is 2.41. The van der Waals surface area contributed by atoms with Crippen molar-refractivity contribution in [2.75, 3.05) is 6.61 Å². The average Bonchev–Trinajstić information content (AvgIpc) is 3.52. The van der Waals surface area contributed by atoms with Crippen molar-refractivity contribution in [2.45, 2.75) is 57.2 Å². The Bertz CT molecular complexity index is 858. The minimum absolute atomic E-state index is 0.174. The summed E-state index contributed by atoms with van der Waals surface area (Å²) in [6.45, 7) is 1.76. The molecule has 1 saturated heterocycles. The van der Waals surface area contributed by atoms with Gasteiger partial charge in [-0.1, -0.05) is 42.8 Å². The standard InChI is InChI=1S/C25H28FNO/c26-21-11-12-25(28-17-19-9-10-19)24(15-21)20-13-22-7-4-8-23(14-20)27(22)16-18-5-2-1-3-6-18/h1-3,5-6,11-13,15,19,22-23H,4,7-10,14,16-17H2. The molecule has 2 atom stereocenters. The Morgan fingerprint density at radius 1 is 1.00 bits per heavy atom. The normalized spacial score (nSPS) is 24.7. The lowest BCUT2D eigenvalue weighted by atomic mass is 9.82. The minimum atomic E-state index is -0.174. The number of hydrogen-bond acceptors (Lipinski definition) is 2. The van der Waals surface area contributed by atoms with Crippen molar-refractivity contribution in [1.82, 2.24) is 4.90 Å². The summed E-state index contributed by atoms with van der Waals surface area (Å²) in [6, 6.07) is 16.7. The summed E-state index contributed by atoms with van der Waals surface area (Å²) in [5, 5.41) is 0. The van der Waals surface area contributed by atoms with Gasteiger partial charge in [0.05, 0.1) is 6.61 Å². The summed E-state index contributed by atoms with van der Waals surface area (Å²) < 4.78 is 20.2. The highest BCUT2D eigenvalue weighted by molar-refractivity contribution is 5.72. The fraction of sp³-hybridized carbons (Fsp3) is 0.440. The van der Waals surface area contributed by atoms with E-state index in [0.717, 1.165) is 30.9 Å². The van der Waals surface area contributed by atoms with E-state index < -0.39 is 0 Å². The molecule has 2 aromatic carbocycles. The van der Waals surface area contributed by atoms with Crippen LogP contribution in [0.5, 0.6) is 5.75 Å². The van der Waals surface area contributed by atoms with Crippen molar-refractivity contribution in [2.24, 2.45) is 5.92 Å². The van der Waals surface area contributed by atoms with Crippen LogP contribution in [0.2, 0.25) is 0 Å². The zero-order chi connectivity index (χ0) is 18.9. The van der Waals surface area contributed by atoms with E-state index in [4.69, 9.17) is 4.74 Å². The van der Waals surface area contributed by atoms with Gasteiger partial charge in [0.15, 0.2) is 0 Å². The number of fused-ring (bicyclic) bond motifs is 2. The second-order valence-electron chi connectivity index (χ2n) is 8.60. The lowest BCUT2D eigenvalue weighted by molar-refractivity contribution is 0.0950. The van der Waals surface area contributed by atoms with Crippen molar-refractivity contribution >= 4 is 5.57 Å². The van der Waals surface area contributed by atoms with Crippen LogP contribution in [0.3, 0.4) is 0 Å². The molecule has 2 heterocycles. The first-order chi connectivity index (χ1) is 13.8. The van der Waals surface area contributed by atoms with Crippen LogP contribution in [-0.4, -0.2) is 23.6 Å². The Hall–Kier alpha value is -2.13. The van der Waals surface area contributed by atoms with Gasteiger partial charge in [-0.25, -0.2) is 4.39 Å². The topological polar surface area (TPSA) is 12.5 Å². The van der Waals surface area contributed by atoms with Crippen molar-refractivity contribution in [1.29, 1.82) is 0 Å². The number of hydrogen-bond donors (Lipinski definition) is 0. The molecular formula is C25H28FNO. The van der Waals surface area contributed by atoms with E-state index in [2.05, 4.69) is 41.3 Å². The molecule has 1 saturated carbocycles. The van der Waals surface area contributed by atoms with Crippen LogP contribution in [0.1, 0.15) is 49.7 Å². The highest BCUT2D eigenvalue weighted by atomic mass is 19.1. The lowest BCUT2D eigenvalue weighted by Gasteiger charge is -2.45. The molecule has 0 N–H and O–H groups in total. The molecule has 2 aromatic rings. The van der Waals surface area contributed by atoms with E-state index in [1.54, 1.807) is 6.07 Å². The summed E-state index contributed by atoms with van der Waals surface area (Å²) in [5.41, 5.74) is 3.61. The molecule has 2 bridgehead atoms. The van der Waals surface area contributed by atoms with Gasteiger partial charge in [0.1, 0.15) is 11.6 Å². The second kappa shape index (κ2) is 7.71. The number of ether oxygens (including phenoxy) is 1. The highest BCUT2D eigenvalue weighted by Gasteiger charge is 2.35. The van der Waals surface area contributed by atoms with E-state index in [-0.39, 0.29) is 5.82 Å². The van der Waals surface area contributed by atoms with Gasteiger partial charge >= 0.3 is 0 Å². The first-order valence-electron chi connectivity index (χ1n) is 10.7. The maximum absolute atomic E-state index is 14.1. The lowest BCUT2D eigenvalue weighted by Crippen LogP contribution is -2.47. The van der Waals surface area contributed by atoms with Crippen LogP contribution in [0, 0.1) is 11.7 Å². The number of nitrogens with zero attached hydrogens (tertiary/aromatic N) is 1. The van der Waals surface area contributed by atoms with Gasteiger partial charge in [-0.05, 0) is 67.4 Å². The molecule has 1 aliphatic carbocycles. The van der Waals surface area contributed by atoms with Gasteiger partial charge in [-0.2, -0.15) is 0 Å². The summed E-state index contributed by atoms with van der Waals surface area (Å²) >= 11 is 0. The molecule has 28 heavy (non-hydrogen) atoms. The molecule has 5 rings (SSSR count). The molecule has 2 fully saturated rings. The summed E-state index contributed by atoms with van der Waals surface area (Å²) in [4.78, 5) is 2.65. The second-order valence-corrected chi connectivity index (χ2v) is 8.60. The predicted octanol–water partition coefficient (Wildman–Crippen LogP) is 5.82. The van der Waals surface area contributed by atoms with Gasteiger partial charge in [-0.15, -0.1) is 0 Å². The maximum atomic E-state index is 14.1. The number of rotatable bonds is 6. The largest absolute Gasteiger partial charge is 0.493 e. The Balaban J connectivity index is 1.41. The van der Waals surface area contributed by atoms with E-state index in [1.165, 1.54) is 49.3 Å². The Kier molecular flexibility index (Phi) is 4.94. The zero-order valence-electron chi connectivity index (χ0n) is 16.3. The fourth-order valence-corrected chi connectivity index (χ4v) is 4.73. The first-order valence-corrected chi connectivity index (χ1v) is 10.7. The van der Waals surface area contributed by atoms with Crippen LogP contribution in [-0.2, 0) is 6.54 Å². The molecule has 0 amide bonds. The molecule has 0 radical (unpaired) electrons. The van der Waals surface area contributed by atoms with Crippen molar-refractivity contribution in [3.8, 4) is 5.75 Å². The van der Waals surface area contributed by atoms with E-state index in [0.29, 0.717) is 18.0 Å². The SMILES string of the molecule is Fc1ccc(OCC2CC2)c(C2=CC3CCCC(C2)N3Cc2ccccc2)c1. The Labute approximate surface area is 167 Å². The van der Waals surface area contributed by atoms with E-state index in [9.17, 15) is 4.39 Å². The quantitative estimate of drug-likeness (QED) is 0.628. The fourth-order valence-electron chi connectivity index (χ4n) is 4.73. The molecule has 3 aliphatic rings. The maximum Gasteiger partial charge on any atom is 0.126 e. The van der Waals surface area contributed by atoms with E-state index >= 15 is 0 Å². The molecule has 2 nitrogen and oxygen atoms in total. The summed E-state index contributed by atoms with van der Waals surface area (Å²) in [7, 11) is 0. The van der Waals surface area contributed by atoms with Crippen LogP contribution in [0.15, 0.2) is 54.6 Å². The molecule has 2 aliphatic heterocycles. The van der Waals surface area contributed by atoms with Crippen molar-refractivity contribution < 1.29 is 9.13 Å². The molecule has 0 aromatic heterocycles. The van der Waals surface area contributed by atoms with Gasteiger partial charge in [0.25, 0.3) is 0 Å². The molecule has 146 valence electrons. The molecule has 3 heteroatoms. The minimum Gasteiger partial charge on any atom is -0.493 e. The average molecular weight is 378 g/mol. The number of halogens is 1. The van der Waals surface area contributed by atoms with Crippen LogP contribution in [0.25, 0.3) is 5.57 Å². The summed E-state index contributed by atoms with van der Waals surface area (Å²) in [6.07, 6.45) is 9.56. The third-order valence-electron chi connectivity index (χ3n) is 6.45. The van der Waals surface area contributed by atoms with Crippen LogP contribution >= 0.6 is 0 Å². The predicted molar refractivity (Wildman–Crippen MR) is 111 cm³/mol. The third-order valence-corrected chi connectivity index (χ3v) is 6.45. The smallest absolute Gasteiger partial charge is 0.126 e. The van der Waals surface area contributed by atoms with Gasteiger partial charge in [0.2, 0.25) is 0 Å². The monoisotopic (exact) mass is 377 g/mol. The first kappa shape index (κ1) is 17.9. The van der Waals surface area contributed by atoms with Gasteiger partial charge in [0, 0.05) is 24.2 Å².